The molecule has 1 unspecified atom stereocenters. The third kappa shape index (κ3) is 5.73. The van der Waals surface area contributed by atoms with E-state index in [2.05, 4.69) is 28.4 Å². The molecule has 3 fully saturated rings. The van der Waals surface area contributed by atoms with Crippen molar-refractivity contribution in [3.05, 3.63) is 23.8 Å². The van der Waals surface area contributed by atoms with Gasteiger partial charge in [-0.1, -0.05) is 6.42 Å². The lowest BCUT2D eigenvalue weighted by Crippen LogP contribution is -2.30. The Kier molecular flexibility index (Phi) is 7.44. The van der Waals surface area contributed by atoms with Gasteiger partial charge in [-0.25, -0.2) is 0 Å². The van der Waals surface area contributed by atoms with Gasteiger partial charge >= 0.3 is 0 Å². The predicted octanol–water partition coefficient (Wildman–Crippen LogP) is 3.96. The number of anilines is 1. The maximum Gasteiger partial charge on any atom is 0.227 e. The molecule has 0 aliphatic carbocycles. The number of benzene rings is 1. The number of carbonyl (C=O) groups is 1. The fraction of sp³-hybridized carbons (Fsp3) is 0.708. The van der Waals surface area contributed by atoms with E-state index in [-0.39, 0.29) is 5.91 Å². The second-order valence-corrected chi connectivity index (χ2v) is 8.98. The van der Waals surface area contributed by atoms with Gasteiger partial charge in [0.15, 0.2) is 0 Å². The van der Waals surface area contributed by atoms with Crippen molar-refractivity contribution in [2.75, 3.05) is 44.2 Å². The molecule has 5 nitrogen and oxygen atoms in total. The predicted molar refractivity (Wildman–Crippen MR) is 117 cm³/mol. The molecule has 160 valence electrons. The Labute approximate surface area is 175 Å². The molecule has 3 heterocycles. The molecule has 0 saturated carbocycles. The molecule has 1 aromatic carbocycles. The number of ether oxygens (including phenoxy) is 1. The first kappa shape index (κ1) is 20.7. The molecule has 1 aromatic rings. The highest BCUT2D eigenvalue weighted by molar-refractivity contribution is 5.95. The summed E-state index contributed by atoms with van der Waals surface area (Å²) in [5.41, 5.74) is 2.28. The summed E-state index contributed by atoms with van der Waals surface area (Å²) in [6.45, 7) is 7.24. The molecular formula is C24H37N3O2. The second kappa shape index (κ2) is 10.4. The van der Waals surface area contributed by atoms with Crippen molar-refractivity contribution in [3.8, 4) is 5.75 Å². The lowest BCUT2D eigenvalue weighted by molar-refractivity contribution is -0.117. The lowest BCUT2D eigenvalue weighted by atomic mass is 9.95. The van der Waals surface area contributed by atoms with E-state index in [1.165, 1.54) is 70.3 Å². The molecule has 1 amide bonds. The van der Waals surface area contributed by atoms with Gasteiger partial charge in [-0.05, 0) is 95.2 Å². The van der Waals surface area contributed by atoms with Gasteiger partial charge in [-0.15, -0.1) is 0 Å². The van der Waals surface area contributed by atoms with E-state index < -0.39 is 0 Å². The molecule has 0 spiro atoms. The fourth-order valence-corrected chi connectivity index (χ4v) is 5.00. The molecular weight excluding hydrogens is 362 g/mol. The third-order valence-corrected chi connectivity index (χ3v) is 6.69. The summed E-state index contributed by atoms with van der Waals surface area (Å²) in [6.07, 6.45) is 10.6. The first-order valence-corrected chi connectivity index (χ1v) is 11.8. The number of carbonyl (C=O) groups excluding carboxylic acids is 1. The topological polar surface area (TPSA) is 44.8 Å². The number of amides is 1. The van der Waals surface area contributed by atoms with Crippen LogP contribution in [0.1, 0.15) is 63.4 Å². The van der Waals surface area contributed by atoms with Crippen LogP contribution in [0.5, 0.6) is 5.75 Å². The smallest absolute Gasteiger partial charge is 0.227 e. The zero-order valence-corrected chi connectivity index (χ0v) is 17.8. The quantitative estimate of drug-likeness (QED) is 0.672. The highest BCUT2D eigenvalue weighted by Crippen LogP contribution is 2.30. The Morgan fingerprint density at radius 3 is 2.72 bits per heavy atom. The van der Waals surface area contributed by atoms with E-state index in [9.17, 15) is 4.79 Å². The van der Waals surface area contributed by atoms with Crippen LogP contribution in [0.4, 0.5) is 5.69 Å². The summed E-state index contributed by atoms with van der Waals surface area (Å²) in [6, 6.07) is 6.38. The molecule has 0 radical (unpaired) electrons. The molecule has 4 rings (SSSR count). The Morgan fingerprint density at radius 1 is 1.07 bits per heavy atom. The Hall–Kier alpha value is -1.59. The van der Waals surface area contributed by atoms with Gasteiger partial charge in [0.2, 0.25) is 5.91 Å². The van der Waals surface area contributed by atoms with E-state index in [0.717, 1.165) is 49.9 Å². The molecule has 3 aliphatic heterocycles. The second-order valence-electron chi connectivity index (χ2n) is 8.98. The number of nitrogens with one attached hydrogen (secondary N) is 1. The van der Waals surface area contributed by atoms with Crippen LogP contribution in [0.15, 0.2) is 18.2 Å². The zero-order valence-electron chi connectivity index (χ0n) is 17.8. The first-order valence-electron chi connectivity index (χ1n) is 11.8. The van der Waals surface area contributed by atoms with Crippen LogP contribution in [-0.2, 0) is 11.3 Å². The van der Waals surface area contributed by atoms with Crippen LogP contribution in [-0.4, -0.2) is 50.1 Å². The number of hydrogen-bond acceptors (Lipinski definition) is 4. The summed E-state index contributed by atoms with van der Waals surface area (Å²) in [4.78, 5) is 16.7. The maximum atomic E-state index is 12.2. The first-order chi connectivity index (χ1) is 14.3. The maximum absolute atomic E-state index is 12.2. The largest absolute Gasteiger partial charge is 0.493 e. The SMILES string of the molecule is O=C1CCCN1c1ccc(OCCCC2CCCNC2)c(CN2CCCCC2)c1. The lowest BCUT2D eigenvalue weighted by Gasteiger charge is -2.28. The van der Waals surface area contributed by atoms with Gasteiger partial charge in [0.25, 0.3) is 0 Å². The molecule has 0 aromatic heterocycles. The third-order valence-electron chi connectivity index (χ3n) is 6.69. The van der Waals surface area contributed by atoms with Crippen LogP contribution in [0, 0.1) is 5.92 Å². The van der Waals surface area contributed by atoms with Gasteiger partial charge in [0.05, 0.1) is 6.61 Å². The highest BCUT2D eigenvalue weighted by atomic mass is 16.5. The van der Waals surface area contributed by atoms with Crippen LogP contribution >= 0.6 is 0 Å². The average Bonchev–Trinajstić information content (AvgIpc) is 3.19. The van der Waals surface area contributed by atoms with Crippen molar-refractivity contribution in [3.63, 3.8) is 0 Å². The molecule has 1 atom stereocenters. The standard InChI is InChI=1S/C24H37N3O2/c28-24-9-5-15-27(24)22-10-11-23(21(17-22)19-26-13-2-1-3-14-26)29-16-6-8-20-7-4-12-25-18-20/h10-11,17,20,25H,1-9,12-16,18-19H2. The number of rotatable bonds is 8. The van der Waals surface area contributed by atoms with Crippen molar-refractivity contribution < 1.29 is 9.53 Å². The minimum Gasteiger partial charge on any atom is -0.493 e. The fourth-order valence-electron chi connectivity index (χ4n) is 5.00. The van der Waals surface area contributed by atoms with E-state index in [4.69, 9.17) is 4.74 Å². The minimum absolute atomic E-state index is 0.253. The van der Waals surface area contributed by atoms with E-state index in [1.807, 2.05) is 4.90 Å². The Balaban J connectivity index is 1.39. The van der Waals surface area contributed by atoms with Crippen molar-refractivity contribution in [2.24, 2.45) is 5.92 Å². The Morgan fingerprint density at radius 2 is 1.97 bits per heavy atom. The minimum atomic E-state index is 0.253. The van der Waals surface area contributed by atoms with Crippen LogP contribution in [0.3, 0.4) is 0 Å². The van der Waals surface area contributed by atoms with Gasteiger partial charge in [-0.3, -0.25) is 9.69 Å². The molecule has 1 N–H and O–H groups in total. The van der Waals surface area contributed by atoms with Gasteiger partial charge in [0.1, 0.15) is 5.75 Å². The van der Waals surface area contributed by atoms with Gasteiger partial charge in [0, 0.05) is 30.8 Å². The highest BCUT2D eigenvalue weighted by Gasteiger charge is 2.23. The number of piperidine rings is 2. The normalized spacial score (nSPS) is 23.5. The molecule has 0 bridgehead atoms. The Bertz CT molecular complexity index is 666. The van der Waals surface area contributed by atoms with Crippen molar-refractivity contribution in [2.45, 2.75) is 64.3 Å². The average molecular weight is 400 g/mol. The molecule has 3 aliphatic rings. The summed E-state index contributed by atoms with van der Waals surface area (Å²) < 4.78 is 6.26. The van der Waals surface area contributed by atoms with Crippen molar-refractivity contribution in [1.82, 2.24) is 10.2 Å². The van der Waals surface area contributed by atoms with Gasteiger partial charge < -0.3 is 15.0 Å². The van der Waals surface area contributed by atoms with Crippen LogP contribution in [0.2, 0.25) is 0 Å². The van der Waals surface area contributed by atoms with Crippen LogP contribution in [0.25, 0.3) is 0 Å². The van der Waals surface area contributed by atoms with Gasteiger partial charge in [-0.2, -0.15) is 0 Å². The van der Waals surface area contributed by atoms with E-state index >= 15 is 0 Å². The molecule has 29 heavy (non-hydrogen) atoms. The van der Waals surface area contributed by atoms with E-state index in [0.29, 0.717) is 6.42 Å². The summed E-state index contributed by atoms with van der Waals surface area (Å²) in [5, 5.41) is 3.51. The van der Waals surface area contributed by atoms with Crippen molar-refractivity contribution in [1.29, 1.82) is 0 Å². The number of nitrogens with zero attached hydrogens (tertiary/aromatic N) is 2. The molecule has 3 saturated heterocycles. The summed E-state index contributed by atoms with van der Waals surface area (Å²) in [5.74, 6) is 2.07. The summed E-state index contributed by atoms with van der Waals surface area (Å²) >= 11 is 0. The number of hydrogen-bond donors (Lipinski definition) is 1. The summed E-state index contributed by atoms with van der Waals surface area (Å²) in [7, 11) is 0. The van der Waals surface area contributed by atoms with Crippen molar-refractivity contribution >= 4 is 11.6 Å². The monoisotopic (exact) mass is 399 g/mol. The zero-order chi connectivity index (χ0) is 19.9. The molecule has 5 heteroatoms. The number of likely N-dealkylation sites (tertiary alicyclic amines) is 1. The van der Waals surface area contributed by atoms with E-state index in [1.54, 1.807) is 0 Å². The van der Waals surface area contributed by atoms with Crippen LogP contribution < -0.4 is 15.0 Å².